The molecule has 0 unspecified atom stereocenters. The van der Waals surface area contributed by atoms with Gasteiger partial charge in [0.2, 0.25) is 5.95 Å². The summed E-state index contributed by atoms with van der Waals surface area (Å²) < 4.78 is 7.61. The van der Waals surface area contributed by atoms with E-state index in [0.29, 0.717) is 6.04 Å². The molecule has 1 aliphatic heterocycles. The van der Waals surface area contributed by atoms with Crippen molar-refractivity contribution >= 4 is 5.95 Å². The van der Waals surface area contributed by atoms with Gasteiger partial charge >= 0.3 is 0 Å². The van der Waals surface area contributed by atoms with E-state index < -0.39 is 0 Å². The summed E-state index contributed by atoms with van der Waals surface area (Å²) in [5, 5.41) is 3.45. The summed E-state index contributed by atoms with van der Waals surface area (Å²) in [6.07, 6.45) is 5.00. The molecule has 0 amide bonds. The zero-order valence-corrected chi connectivity index (χ0v) is 11.4. The molecule has 0 saturated carbocycles. The predicted molar refractivity (Wildman–Crippen MR) is 73.0 cm³/mol. The van der Waals surface area contributed by atoms with E-state index in [4.69, 9.17) is 4.74 Å². The SMILES string of the molecule is CCOCCCn1ccnc1N1CCN[C@@H](C)C1. The second-order valence-electron chi connectivity index (χ2n) is 4.77. The lowest BCUT2D eigenvalue weighted by Gasteiger charge is -2.32. The van der Waals surface area contributed by atoms with Crippen LogP contribution in [-0.4, -0.2) is 48.4 Å². The van der Waals surface area contributed by atoms with Crippen LogP contribution in [0.25, 0.3) is 0 Å². The number of aryl methyl sites for hydroxylation is 1. The molecule has 0 bridgehead atoms. The Morgan fingerprint density at radius 2 is 2.44 bits per heavy atom. The van der Waals surface area contributed by atoms with Gasteiger partial charge in [0.05, 0.1) is 0 Å². The van der Waals surface area contributed by atoms with Crippen molar-refractivity contribution < 1.29 is 4.74 Å². The fraction of sp³-hybridized carbons (Fsp3) is 0.769. The largest absolute Gasteiger partial charge is 0.382 e. The highest BCUT2D eigenvalue weighted by atomic mass is 16.5. The molecule has 5 nitrogen and oxygen atoms in total. The monoisotopic (exact) mass is 252 g/mol. The number of rotatable bonds is 6. The Hall–Kier alpha value is -1.07. The third-order valence-electron chi connectivity index (χ3n) is 3.24. The van der Waals surface area contributed by atoms with Gasteiger partial charge in [0.25, 0.3) is 0 Å². The summed E-state index contributed by atoms with van der Waals surface area (Å²) in [6.45, 7) is 9.95. The van der Waals surface area contributed by atoms with Gasteiger partial charge in [0, 0.05) is 57.8 Å². The lowest BCUT2D eigenvalue weighted by molar-refractivity contribution is 0.141. The van der Waals surface area contributed by atoms with E-state index in [2.05, 4.69) is 32.9 Å². The maximum atomic E-state index is 5.38. The average Bonchev–Trinajstić information content (AvgIpc) is 2.83. The van der Waals surface area contributed by atoms with Crippen LogP contribution in [0.2, 0.25) is 0 Å². The number of nitrogens with one attached hydrogen (secondary N) is 1. The fourth-order valence-electron chi connectivity index (χ4n) is 2.35. The molecular formula is C13H24N4O. The van der Waals surface area contributed by atoms with Crippen LogP contribution in [0.15, 0.2) is 12.4 Å². The minimum atomic E-state index is 0.535. The van der Waals surface area contributed by atoms with Gasteiger partial charge in [-0.2, -0.15) is 0 Å². The van der Waals surface area contributed by atoms with E-state index in [1.165, 1.54) is 0 Å². The third-order valence-corrected chi connectivity index (χ3v) is 3.24. The van der Waals surface area contributed by atoms with Crippen molar-refractivity contribution in [2.75, 3.05) is 37.7 Å². The minimum absolute atomic E-state index is 0.535. The number of anilines is 1. The molecular weight excluding hydrogens is 228 g/mol. The summed E-state index contributed by atoms with van der Waals surface area (Å²) >= 11 is 0. The van der Waals surface area contributed by atoms with Crippen molar-refractivity contribution in [1.29, 1.82) is 0 Å². The normalized spacial score (nSPS) is 20.3. The second-order valence-corrected chi connectivity index (χ2v) is 4.77. The molecule has 0 radical (unpaired) electrons. The minimum Gasteiger partial charge on any atom is -0.382 e. The lowest BCUT2D eigenvalue weighted by atomic mass is 10.2. The van der Waals surface area contributed by atoms with Crippen LogP contribution in [0.3, 0.4) is 0 Å². The van der Waals surface area contributed by atoms with E-state index >= 15 is 0 Å². The molecule has 1 aliphatic rings. The van der Waals surface area contributed by atoms with Gasteiger partial charge in [0.1, 0.15) is 0 Å². The first kappa shape index (κ1) is 13.4. The quantitative estimate of drug-likeness (QED) is 0.770. The number of aromatic nitrogens is 2. The van der Waals surface area contributed by atoms with Gasteiger partial charge in [-0.05, 0) is 20.3 Å². The van der Waals surface area contributed by atoms with E-state index in [1.807, 2.05) is 13.1 Å². The first-order valence-electron chi connectivity index (χ1n) is 6.88. The van der Waals surface area contributed by atoms with Crippen LogP contribution in [0.5, 0.6) is 0 Å². The van der Waals surface area contributed by atoms with Gasteiger partial charge in [-0.1, -0.05) is 0 Å². The standard InChI is InChI=1S/C13H24N4O/c1-3-18-10-4-7-16-8-6-15-13(16)17-9-5-14-12(2)11-17/h6,8,12,14H,3-5,7,9-11H2,1-2H3/t12-/m0/s1. The molecule has 2 heterocycles. The van der Waals surface area contributed by atoms with Gasteiger partial charge in [-0.25, -0.2) is 4.98 Å². The number of piperazine rings is 1. The molecule has 1 atom stereocenters. The number of nitrogens with zero attached hydrogens (tertiary/aromatic N) is 3. The summed E-state index contributed by atoms with van der Waals surface area (Å²) in [4.78, 5) is 6.86. The Kier molecular flexibility index (Phi) is 5.01. The van der Waals surface area contributed by atoms with E-state index in [-0.39, 0.29) is 0 Å². The zero-order valence-electron chi connectivity index (χ0n) is 11.4. The van der Waals surface area contributed by atoms with Crippen molar-refractivity contribution in [2.45, 2.75) is 32.9 Å². The molecule has 1 saturated heterocycles. The molecule has 18 heavy (non-hydrogen) atoms. The molecule has 1 aromatic heterocycles. The maximum Gasteiger partial charge on any atom is 0.205 e. The Bertz CT molecular complexity index is 353. The Morgan fingerprint density at radius 3 is 3.22 bits per heavy atom. The van der Waals surface area contributed by atoms with Gasteiger partial charge in [-0.3, -0.25) is 0 Å². The van der Waals surface area contributed by atoms with Gasteiger partial charge < -0.3 is 19.5 Å². The second kappa shape index (κ2) is 6.75. The highest BCUT2D eigenvalue weighted by molar-refractivity contribution is 5.32. The van der Waals surface area contributed by atoms with Crippen LogP contribution < -0.4 is 10.2 Å². The van der Waals surface area contributed by atoms with Crippen molar-refractivity contribution in [2.24, 2.45) is 0 Å². The third kappa shape index (κ3) is 3.46. The Labute approximate surface area is 109 Å². The first-order valence-corrected chi connectivity index (χ1v) is 6.88. The number of hydrogen-bond donors (Lipinski definition) is 1. The van der Waals surface area contributed by atoms with Crippen LogP contribution in [-0.2, 0) is 11.3 Å². The number of imidazole rings is 1. The molecule has 1 fully saturated rings. The summed E-state index contributed by atoms with van der Waals surface area (Å²) in [6, 6.07) is 0.535. The summed E-state index contributed by atoms with van der Waals surface area (Å²) in [5.41, 5.74) is 0. The number of ether oxygens (including phenoxy) is 1. The van der Waals surface area contributed by atoms with E-state index in [1.54, 1.807) is 0 Å². The Balaban J connectivity index is 1.90. The van der Waals surface area contributed by atoms with Crippen molar-refractivity contribution in [3.63, 3.8) is 0 Å². The first-order chi connectivity index (χ1) is 8.81. The topological polar surface area (TPSA) is 42.3 Å². The molecule has 0 aromatic carbocycles. The highest BCUT2D eigenvalue weighted by Gasteiger charge is 2.19. The molecule has 1 aromatic rings. The summed E-state index contributed by atoms with van der Waals surface area (Å²) in [5.74, 6) is 1.10. The predicted octanol–water partition coefficient (Wildman–Crippen LogP) is 1.11. The molecule has 0 spiro atoms. The fourth-order valence-corrected chi connectivity index (χ4v) is 2.35. The van der Waals surface area contributed by atoms with E-state index in [9.17, 15) is 0 Å². The van der Waals surface area contributed by atoms with Crippen LogP contribution in [0.1, 0.15) is 20.3 Å². The van der Waals surface area contributed by atoms with Gasteiger partial charge in [-0.15, -0.1) is 0 Å². The Morgan fingerprint density at radius 1 is 1.56 bits per heavy atom. The maximum absolute atomic E-state index is 5.38. The van der Waals surface area contributed by atoms with Crippen LogP contribution in [0.4, 0.5) is 5.95 Å². The average molecular weight is 252 g/mol. The van der Waals surface area contributed by atoms with Crippen LogP contribution >= 0.6 is 0 Å². The molecule has 1 N–H and O–H groups in total. The van der Waals surface area contributed by atoms with Crippen molar-refractivity contribution in [1.82, 2.24) is 14.9 Å². The zero-order chi connectivity index (χ0) is 12.8. The lowest BCUT2D eigenvalue weighted by Crippen LogP contribution is -2.50. The van der Waals surface area contributed by atoms with Crippen LogP contribution in [0, 0.1) is 0 Å². The molecule has 2 rings (SSSR count). The number of hydrogen-bond acceptors (Lipinski definition) is 4. The molecule has 102 valence electrons. The van der Waals surface area contributed by atoms with Crippen molar-refractivity contribution in [3.8, 4) is 0 Å². The van der Waals surface area contributed by atoms with Crippen molar-refractivity contribution in [3.05, 3.63) is 12.4 Å². The summed E-state index contributed by atoms with van der Waals surface area (Å²) in [7, 11) is 0. The van der Waals surface area contributed by atoms with Gasteiger partial charge in [0.15, 0.2) is 0 Å². The smallest absolute Gasteiger partial charge is 0.205 e. The highest BCUT2D eigenvalue weighted by Crippen LogP contribution is 2.14. The molecule has 0 aliphatic carbocycles. The molecule has 5 heteroatoms. The van der Waals surface area contributed by atoms with E-state index in [0.717, 1.165) is 51.8 Å².